The number of nitrogens with one attached hydrogen (secondary N) is 1. The number of rotatable bonds is 7. The van der Waals surface area contributed by atoms with Crippen molar-refractivity contribution in [2.45, 2.75) is 45.2 Å². The van der Waals surface area contributed by atoms with Crippen LogP contribution in [0.5, 0.6) is 0 Å². The van der Waals surface area contributed by atoms with Crippen LogP contribution in [0.15, 0.2) is 59.2 Å². The van der Waals surface area contributed by atoms with E-state index in [0.29, 0.717) is 40.2 Å². The molecule has 8 nitrogen and oxygen atoms in total. The smallest absolute Gasteiger partial charge is 0.252 e. The minimum atomic E-state index is -3.11. The summed E-state index contributed by atoms with van der Waals surface area (Å²) in [4.78, 5) is 18.2. The van der Waals surface area contributed by atoms with Gasteiger partial charge in [-0.25, -0.2) is 18.1 Å². The summed E-state index contributed by atoms with van der Waals surface area (Å²) >= 11 is 0. The Kier molecular flexibility index (Phi) is 6.19. The van der Waals surface area contributed by atoms with Gasteiger partial charge in [0.25, 0.3) is 5.91 Å². The van der Waals surface area contributed by atoms with Crippen LogP contribution in [-0.2, 0) is 16.3 Å². The number of fused-ring (bicyclic) bond motifs is 1. The maximum Gasteiger partial charge on any atom is 0.252 e. The van der Waals surface area contributed by atoms with Crippen molar-refractivity contribution in [1.29, 1.82) is 0 Å². The van der Waals surface area contributed by atoms with E-state index in [9.17, 15) is 13.2 Å². The summed E-state index contributed by atoms with van der Waals surface area (Å²) in [5.74, 6) is 0.464. The molecule has 9 heteroatoms. The van der Waals surface area contributed by atoms with Gasteiger partial charge in [0.2, 0.25) is 0 Å². The van der Waals surface area contributed by atoms with E-state index in [1.165, 1.54) is 5.56 Å². The molecule has 1 amide bonds. The molecule has 0 saturated carbocycles. The molecule has 4 aromatic rings. The number of amides is 1. The van der Waals surface area contributed by atoms with Crippen molar-refractivity contribution in [2.24, 2.45) is 0 Å². The standard InChI is InChI=1S/C26H28N4O4S/c1-17(10-11-19-7-4-3-5-8-19)27-26(31)21-15-22(23-9-6-13-34-23)28-25-24(21)18(2)29-30(25)20-12-14-35(32,33)16-20/h3-9,13,15,17,20H,10-12,14,16H2,1-2H3,(H,27,31). The Labute approximate surface area is 204 Å². The zero-order valence-corrected chi connectivity index (χ0v) is 20.6. The number of hydrogen-bond donors (Lipinski definition) is 1. The number of carbonyl (C=O) groups excluding carboxylic acids is 1. The summed E-state index contributed by atoms with van der Waals surface area (Å²) in [7, 11) is -3.11. The average molecular weight is 493 g/mol. The van der Waals surface area contributed by atoms with Crippen molar-refractivity contribution in [3.8, 4) is 11.5 Å². The number of furan rings is 1. The molecule has 4 heterocycles. The molecule has 2 atom stereocenters. The molecule has 0 aliphatic carbocycles. The number of pyridine rings is 1. The molecule has 1 fully saturated rings. The molecule has 0 radical (unpaired) electrons. The number of nitrogens with zero attached hydrogens (tertiary/aromatic N) is 3. The fraction of sp³-hybridized carbons (Fsp3) is 0.346. The highest BCUT2D eigenvalue weighted by Crippen LogP contribution is 2.32. The quantitative estimate of drug-likeness (QED) is 0.416. The van der Waals surface area contributed by atoms with Gasteiger partial charge >= 0.3 is 0 Å². The average Bonchev–Trinajstić information content (AvgIpc) is 3.57. The first kappa shape index (κ1) is 23.3. The predicted octanol–water partition coefficient (Wildman–Crippen LogP) is 4.11. The Balaban J connectivity index is 1.49. The van der Waals surface area contributed by atoms with Gasteiger partial charge in [-0.3, -0.25) is 4.79 Å². The highest BCUT2D eigenvalue weighted by atomic mass is 32.2. The summed E-state index contributed by atoms with van der Waals surface area (Å²) in [6.07, 6.45) is 3.69. The van der Waals surface area contributed by atoms with E-state index >= 15 is 0 Å². The molecule has 1 saturated heterocycles. The van der Waals surface area contributed by atoms with Crippen LogP contribution < -0.4 is 5.32 Å². The number of hydrogen-bond acceptors (Lipinski definition) is 6. The molecule has 3 aromatic heterocycles. The maximum absolute atomic E-state index is 13.5. The van der Waals surface area contributed by atoms with Crippen LogP contribution in [0.3, 0.4) is 0 Å². The minimum absolute atomic E-state index is 0.0218. The molecule has 2 unspecified atom stereocenters. The number of sulfone groups is 1. The lowest BCUT2D eigenvalue weighted by molar-refractivity contribution is 0.0940. The molecule has 1 N–H and O–H groups in total. The Morgan fingerprint density at radius 1 is 1.23 bits per heavy atom. The van der Waals surface area contributed by atoms with E-state index in [-0.39, 0.29) is 29.5 Å². The first-order chi connectivity index (χ1) is 16.8. The third-order valence-electron chi connectivity index (χ3n) is 6.50. The molecular formula is C26H28N4O4S. The van der Waals surface area contributed by atoms with Crippen molar-refractivity contribution in [3.05, 3.63) is 71.6 Å². The van der Waals surface area contributed by atoms with Gasteiger partial charge in [0.15, 0.2) is 21.2 Å². The van der Waals surface area contributed by atoms with E-state index in [1.54, 1.807) is 29.1 Å². The summed E-state index contributed by atoms with van der Waals surface area (Å²) in [6, 6.07) is 15.1. The molecule has 35 heavy (non-hydrogen) atoms. The Morgan fingerprint density at radius 2 is 2.03 bits per heavy atom. The molecule has 5 rings (SSSR count). The van der Waals surface area contributed by atoms with E-state index in [4.69, 9.17) is 9.40 Å². The topological polar surface area (TPSA) is 107 Å². The van der Waals surface area contributed by atoms with Gasteiger partial charge in [0.1, 0.15) is 5.69 Å². The SMILES string of the molecule is Cc1nn(C2CCS(=O)(=O)C2)c2nc(-c3ccco3)cc(C(=O)NC(C)CCc3ccccc3)c12. The fourth-order valence-electron chi connectivity index (χ4n) is 4.67. The molecule has 1 aromatic carbocycles. The van der Waals surface area contributed by atoms with E-state index in [1.807, 2.05) is 32.0 Å². The van der Waals surface area contributed by atoms with Crippen LogP contribution >= 0.6 is 0 Å². The van der Waals surface area contributed by atoms with Gasteiger partial charge in [0, 0.05) is 6.04 Å². The van der Waals surface area contributed by atoms with Gasteiger partial charge in [0.05, 0.1) is 40.5 Å². The first-order valence-corrected chi connectivity index (χ1v) is 13.6. The lowest BCUT2D eigenvalue weighted by Gasteiger charge is -2.15. The number of carbonyl (C=O) groups is 1. The zero-order chi connectivity index (χ0) is 24.6. The van der Waals surface area contributed by atoms with Crippen molar-refractivity contribution in [2.75, 3.05) is 11.5 Å². The molecular weight excluding hydrogens is 464 g/mol. The van der Waals surface area contributed by atoms with Crippen molar-refractivity contribution in [3.63, 3.8) is 0 Å². The fourth-order valence-corrected chi connectivity index (χ4v) is 6.36. The van der Waals surface area contributed by atoms with E-state index in [2.05, 4.69) is 22.5 Å². The van der Waals surface area contributed by atoms with Gasteiger partial charge in [-0.15, -0.1) is 0 Å². The maximum atomic E-state index is 13.5. The molecule has 1 aliphatic rings. The van der Waals surface area contributed by atoms with E-state index in [0.717, 1.165) is 12.8 Å². The van der Waals surface area contributed by atoms with E-state index < -0.39 is 9.84 Å². The van der Waals surface area contributed by atoms with Crippen molar-refractivity contribution >= 4 is 26.8 Å². The summed E-state index contributed by atoms with van der Waals surface area (Å²) in [6.45, 7) is 3.82. The van der Waals surface area contributed by atoms with Crippen LogP contribution in [0.2, 0.25) is 0 Å². The van der Waals surface area contributed by atoms with Gasteiger partial charge < -0.3 is 9.73 Å². The zero-order valence-electron chi connectivity index (χ0n) is 19.8. The highest BCUT2D eigenvalue weighted by Gasteiger charge is 2.32. The minimum Gasteiger partial charge on any atom is -0.463 e. The van der Waals surface area contributed by atoms with Gasteiger partial charge in [-0.1, -0.05) is 30.3 Å². The molecule has 182 valence electrons. The van der Waals surface area contributed by atoms with Crippen LogP contribution in [0.1, 0.15) is 47.4 Å². The summed E-state index contributed by atoms with van der Waals surface area (Å²) in [5, 5.41) is 8.39. The largest absolute Gasteiger partial charge is 0.463 e. The Hall–Kier alpha value is -3.46. The normalized spacial score (nSPS) is 18.1. The van der Waals surface area contributed by atoms with Crippen LogP contribution in [0.25, 0.3) is 22.5 Å². The highest BCUT2D eigenvalue weighted by molar-refractivity contribution is 7.91. The third kappa shape index (κ3) is 4.86. The van der Waals surface area contributed by atoms with Crippen LogP contribution in [0, 0.1) is 6.92 Å². The third-order valence-corrected chi connectivity index (χ3v) is 8.25. The Bertz CT molecular complexity index is 1460. The van der Waals surface area contributed by atoms with Gasteiger partial charge in [-0.05, 0) is 56.9 Å². The number of benzene rings is 1. The van der Waals surface area contributed by atoms with Gasteiger partial charge in [-0.2, -0.15) is 5.10 Å². The summed E-state index contributed by atoms with van der Waals surface area (Å²) in [5.41, 5.74) is 3.33. The second-order valence-corrected chi connectivity index (χ2v) is 11.4. The number of aryl methyl sites for hydroxylation is 2. The predicted molar refractivity (Wildman–Crippen MR) is 134 cm³/mol. The van der Waals surface area contributed by atoms with Crippen molar-refractivity contribution in [1.82, 2.24) is 20.1 Å². The summed E-state index contributed by atoms with van der Waals surface area (Å²) < 4.78 is 31.5. The number of aromatic nitrogens is 3. The van der Waals surface area contributed by atoms with Crippen molar-refractivity contribution < 1.29 is 17.6 Å². The van der Waals surface area contributed by atoms with Crippen LogP contribution in [0.4, 0.5) is 0 Å². The molecule has 0 spiro atoms. The van der Waals surface area contributed by atoms with Crippen LogP contribution in [-0.4, -0.2) is 46.6 Å². The molecule has 1 aliphatic heterocycles. The lowest BCUT2D eigenvalue weighted by Crippen LogP contribution is -2.33. The monoisotopic (exact) mass is 492 g/mol. The lowest BCUT2D eigenvalue weighted by atomic mass is 10.0. The first-order valence-electron chi connectivity index (χ1n) is 11.8. The second-order valence-electron chi connectivity index (χ2n) is 9.22. The second kappa shape index (κ2) is 9.30. The Morgan fingerprint density at radius 3 is 2.71 bits per heavy atom. The molecule has 0 bridgehead atoms.